The van der Waals surface area contributed by atoms with E-state index in [1.54, 1.807) is 21.9 Å². The molecule has 0 saturated carbocycles. The summed E-state index contributed by atoms with van der Waals surface area (Å²) in [6.07, 6.45) is 0. The number of hydrogen-bond acceptors (Lipinski definition) is 5. The van der Waals surface area contributed by atoms with Crippen molar-refractivity contribution in [2.75, 3.05) is 30.0 Å². The van der Waals surface area contributed by atoms with Crippen LogP contribution >= 0.6 is 0 Å². The number of rotatable bonds is 6. The first-order chi connectivity index (χ1) is 19.4. The Kier molecular flexibility index (Phi) is 8.86. The van der Waals surface area contributed by atoms with Crippen LogP contribution in [0.2, 0.25) is 0 Å². The van der Waals surface area contributed by atoms with Crippen molar-refractivity contribution in [3.05, 3.63) is 107 Å². The number of hydrogen-bond donors (Lipinski definition) is 1. The van der Waals surface area contributed by atoms with Gasteiger partial charge in [-0.3, -0.25) is 9.59 Å². The Labute approximate surface area is 234 Å². The largest absolute Gasteiger partial charge is 0.400 e. The second-order valence-electron chi connectivity index (χ2n) is 9.37. The third-order valence-electron chi connectivity index (χ3n) is 6.77. The van der Waals surface area contributed by atoms with E-state index in [4.69, 9.17) is 15.1 Å². The normalized spacial score (nSPS) is 10.7. The molecule has 0 aliphatic heterocycles. The quantitative estimate of drug-likeness (QED) is 0.257. The van der Waals surface area contributed by atoms with Crippen LogP contribution in [0.3, 0.4) is 0 Å². The van der Waals surface area contributed by atoms with Gasteiger partial charge >= 0.3 is 0 Å². The number of nitrogens with zero attached hydrogens (tertiary/aromatic N) is 4. The minimum atomic E-state index is -0.181. The summed E-state index contributed by atoms with van der Waals surface area (Å²) in [6.45, 7) is 8.96. The van der Waals surface area contributed by atoms with E-state index >= 15 is 0 Å². The second-order valence-corrected chi connectivity index (χ2v) is 9.37. The standard InChI is InChI=1S/C32H30N4O2.CH4O/c1-5-35(25-15-7-21(3)8-16-25)31(37)27-19-13-23-11-12-24-14-20-28(34-30(24)29(23)33-27)32(38)36(6-2)26-17-9-22(4)10-18-26;1-2/h7-20H,5-6H2,1-4H3;2H,1H3. The highest BCUT2D eigenvalue weighted by Crippen LogP contribution is 2.26. The molecule has 7 heteroatoms. The number of carbonyl (C=O) groups excluding carboxylic acids is 2. The highest BCUT2D eigenvalue weighted by molar-refractivity contribution is 6.10. The van der Waals surface area contributed by atoms with E-state index in [0.29, 0.717) is 35.5 Å². The van der Waals surface area contributed by atoms with Gasteiger partial charge in [0.15, 0.2) is 0 Å². The molecule has 0 spiro atoms. The third-order valence-corrected chi connectivity index (χ3v) is 6.77. The first-order valence-corrected chi connectivity index (χ1v) is 13.3. The van der Waals surface area contributed by atoms with Gasteiger partial charge in [0.2, 0.25) is 0 Å². The fourth-order valence-electron chi connectivity index (χ4n) is 4.62. The number of fused-ring (bicyclic) bond motifs is 3. The smallest absolute Gasteiger partial charge is 0.276 e. The van der Waals surface area contributed by atoms with Gasteiger partial charge in [-0.15, -0.1) is 0 Å². The van der Waals surface area contributed by atoms with Crippen molar-refractivity contribution in [1.82, 2.24) is 9.97 Å². The maximum Gasteiger partial charge on any atom is 0.276 e. The third kappa shape index (κ3) is 5.70. The molecule has 0 aliphatic rings. The van der Waals surface area contributed by atoms with Crippen LogP contribution in [0, 0.1) is 13.8 Å². The Balaban J connectivity index is 0.00000181. The van der Waals surface area contributed by atoms with E-state index in [9.17, 15) is 9.59 Å². The molecule has 2 aromatic heterocycles. The fourth-order valence-corrected chi connectivity index (χ4v) is 4.62. The number of aliphatic hydroxyl groups excluding tert-OH is 1. The topological polar surface area (TPSA) is 86.6 Å². The summed E-state index contributed by atoms with van der Waals surface area (Å²) in [5.41, 5.74) is 5.78. The average Bonchev–Trinajstić information content (AvgIpc) is 3.00. The summed E-state index contributed by atoms with van der Waals surface area (Å²) < 4.78 is 0. The number of aryl methyl sites for hydroxylation is 2. The zero-order valence-electron chi connectivity index (χ0n) is 23.5. The molecule has 0 fully saturated rings. The lowest BCUT2D eigenvalue weighted by Crippen LogP contribution is -2.31. The van der Waals surface area contributed by atoms with Crippen molar-refractivity contribution in [1.29, 1.82) is 0 Å². The van der Waals surface area contributed by atoms with Crippen LogP contribution in [0.15, 0.2) is 84.9 Å². The van der Waals surface area contributed by atoms with Crippen LogP contribution in [0.5, 0.6) is 0 Å². The van der Waals surface area contributed by atoms with E-state index in [-0.39, 0.29) is 11.8 Å². The van der Waals surface area contributed by atoms with Crippen molar-refractivity contribution in [2.24, 2.45) is 0 Å². The van der Waals surface area contributed by atoms with E-state index in [2.05, 4.69) is 0 Å². The minimum Gasteiger partial charge on any atom is -0.400 e. The molecule has 0 bridgehead atoms. The molecular formula is C33H34N4O3. The van der Waals surface area contributed by atoms with Gasteiger partial charge in [0.1, 0.15) is 11.4 Å². The summed E-state index contributed by atoms with van der Waals surface area (Å²) in [6, 6.07) is 26.9. The highest BCUT2D eigenvalue weighted by Gasteiger charge is 2.21. The maximum atomic E-state index is 13.5. The van der Waals surface area contributed by atoms with Gasteiger partial charge in [-0.05, 0) is 64.1 Å². The van der Waals surface area contributed by atoms with Crippen molar-refractivity contribution in [2.45, 2.75) is 27.7 Å². The highest BCUT2D eigenvalue weighted by atomic mass is 16.2. The molecule has 3 aromatic carbocycles. The Bertz CT molecular complexity index is 1520. The molecule has 5 rings (SSSR count). The van der Waals surface area contributed by atoms with Crippen LogP contribution in [0.4, 0.5) is 11.4 Å². The van der Waals surface area contributed by atoms with E-state index in [1.165, 1.54) is 0 Å². The lowest BCUT2D eigenvalue weighted by molar-refractivity contribution is 0.0976. The van der Waals surface area contributed by atoms with Gasteiger partial charge in [0.25, 0.3) is 11.8 Å². The molecule has 2 amide bonds. The number of anilines is 2. The monoisotopic (exact) mass is 534 g/mol. The molecule has 0 aliphatic carbocycles. The second kappa shape index (κ2) is 12.5. The molecule has 2 heterocycles. The van der Waals surface area contributed by atoms with Crippen LogP contribution in [0.1, 0.15) is 46.0 Å². The van der Waals surface area contributed by atoms with Crippen LogP contribution in [-0.4, -0.2) is 47.1 Å². The molecule has 0 radical (unpaired) electrons. The zero-order valence-corrected chi connectivity index (χ0v) is 23.5. The lowest BCUT2D eigenvalue weighted by atomic mass is 10.1. The molecule has 0 saturated heterocycles. The number of carbonyl (C=O) groups is 2. The van der Waals surface area contributed by atoms with Gasteiger partial charge in [0, 0.05) is 42.3 Å². The maximum absolute atomic E-state index is 13.5. The van der Waals surface area contributed by atoms with E-state index in [1.807, 2.05) is 100 Å². The van der Waals surface area contributed by atoms with Crippen LogP contribution in [-0.2, 0) is 0 Å². The summed E-state index contributed by atoms with van der Waals surface area (Å²) in [5, 5.41) is 8.71. The Hall–Kier alpha value is -4.62. The van der Waals surface area contributed by atoms with Crippen molar-refractivity contribution in [3.63, 3.8) is 0 Å². The molecule has 0 atom stereocenters. The molecule has 1 N–H and O–H groups in total. The van der Waals surface area contributed by atoms with Crippen LogP contribution in [0.25, 0.3) is 21.8 Å². The van der Waals surface area contributed by atoms with E-state index in [0.717, 1.165) is 40.4 Å². The molecule has 5 aromatic rings. The van der Waals surface area contributed by atoms with Crippen LogP contribution < -0.4 is 9.80 Å². The van der Waals surface area contributed by atoms with Crippen molar-refractivity contribution in [3.8, 4) is 0 Å². The van der Waals surface area contributed by atoms with Crippen molar-refractivity contribution >= 4 is 45.0 Å². The molecule has 0 unspecified atom stereocenters. The number of aromatic nitrogens is 2. The summed E-state index contributed by atoms with van der Waals surface area (Å²) in [5.74, 6) is -0.363. The van der Waals surface area contributed by atoms with Gasteiger partial charge in [0.05, 0.1) is 11.0 Å². The van der Waals surface area contributed by atoms with Gasteiger partial charge in [-0.25, -0.2) is 9.97 Å². The average molecular weight is 535 g/mol. The molecule has 40 heavy (non-hydrogen) atoms. The number of amides is 2. The predicted molar refractivity (Wildman–Crippen MR) is 162 cm³/mol. The van der Waals surface area contributed by atoms with Crippen molar-refractivity contribution < 1.29 is 14.7 Å². The first-order valence-electron chi connectivity index (χ1n) is 13.3. The summed E-state index contributed by atoms with van der Waals surface area (Å²) >= 11 is 0. The van der Waals surface area contributed by atoms with Gasteiger partial charge < -0.3 is 14.9 Å². The first kappa shape index (κ1) is 28.4. The van der Waals surface area contributed by atoms with Gasteiger partial charge in [-0.1, -0.05) is 59.7 Å². The summed E-state index contributed by atoms with van der Waals surface area (Å²) in [7, 11) is 1.00. The lowest BCUT2D eigenvalue weighted by Gasteiger charge is -2.21. The number of pyridine rings is 2. The zero-order chi connectivity index (χ0) is 28.8. The molecular weight excluding hydrogens is 500 g/mol. The number of aliphatic hydroxyl groups is 1. The number of benzene rings is 3. The summed E-state index contributed by atoms with van der Waals surface area (Å²) in [4.78, 5) is 40.0. The fraction of sp³-hybridized carbons (Fsp3) is 0.212. The SMILES string of the molecule is CCN(C(=O)c1ccc2ccc3ccc(C(=O)N(CC)c4ccc(C)cc4)nc3c2n1)c1ccc(C)cc1.CO. The Morgan fingerprint density at radius 3 is 1.23 bits per heavy atom. The Morgan fingerprint density at radius 2 is 0.900 bits per heavy atom. The van der Waals surface area contributed by atoms with E-state index < -0.39 is 0 Å². The molecule has 7 nitrogen and oxygen atoms in total. The van der Waals surface area contributed by atoms with Gasteiger partial charge in [-0.2, -0.15) is 0 Å². The minimum absolute atomic E-state index is 0.181. The Morgan fingerprint density at radius 1 is 0.575 bits per heavy atom. The molecule has 204 valence electrons. The predicted octanol–water partition coefficient (Wildman–Crippen LogP) is 6.34.